The van der Waals surface area contributed by atoms with E-state index in [1.807, 2.05) is 42.5 Å². The maximum absolute atomic E-state index is 12.1. The predicted octanol–water partition coefficient (Wildman–Crippen LogP) is 5.71. The molecule has 0 amide bonds. The zero-order valence-electron chi connectivity index (χ0n) is 14.6. The van der Waals surface area contributed by atoms with Crippen LogP contribution >= 0.6 is 0 Å². The lowest BCUT2D eigenvalue weighted by Crippen LogP contribution is -2.06. The fraction of sp³-hybridized carbons (Fsp3) is 0.0417. The Morgan fingerprint density at radius 2 is 1.44 bits per heavy atom. The molecule has 3 heteroatoms. The van der Waals surface area contributed by atoms with Crippen LogP contribution in [0.2, 0.25) is 0 Å². The van der Waals surface area contributed by atoms with Crippen molar-refractivity contribution >= 4 is 38.2 Å². The molecule has 1 N–H and O–H groups in total. The van der Waals surface area contributed by atoms with Gasteiger partial charge in [0.25, 0.3) is 0 Å². The van der Waals surface area contributed by atoms with Crippen LogP contribution in [0.5, 0.6) is 0 Å². The summed E-state index contributed by atoms with van der Waals surface area (Å²) in [6, 6.07) is 28.1. The van der Waals surface area contributed by atoms with Crippen LogP contribution in [0, 0.1) is 0 Å². The van der Waals surface area contributed by atoms with Gasteiger partial charge in [0.05, 0.1) is 0 Å². The van der Waals surface area contributed by atoms with E-state index in [4.69, 9.17) is 4.42 Å². The number of rotatable bonds is 3. The summed E-state index contributed by atoms with van der Waals surface area (Å²) < 4.78 is 5.45. The summed E-state index contributed by atoms with van der Waals surface area (Å²) >= 11 is 0. The van der Waals surface area contributed by atoms with E-state index >= 15 is 0 Å². The Hall–Kier alpha value is -3.59. The number of hydrogen-bond acceptors (Lipinski definition) is 3. The van der Waals surface area contributed by atoms with Gasteiger partial charge in [0.2, 0.25) is 0 Å². The van der Waals surface area contributed by atoms with Gasteiger partial charge in [-0.15, -0.1) is 0 Å². The van der Waals surface area contributed by atoms with Gasteiger partial charge in [-0.3, -0.25) is 0 Å². The van der Waals surface area contributed by atoms with Crippen molar-refractivity contribution in [3.05, 3.63) is 101 Å². The summed E-state index contributed by atoms with van der Waals surface area (Å²) in [5.41, 5.74) is 2.28. The molecular weight excluding hydrogens is 334 g/mol. The molecule has 0 aliphatic heterocycles. The molecule has 0 spiro atoms. The van der Waals surface area contributed by atoms with Gasteiger partial charge in [-0.25, -0.2) is 4.79 Å². The highest BCUT2D eigenvalue weighted by atomic mass is 16.4. The van der Waals surface area contributed by atoms with Crippen LogP contribution in [0.25, 0.3) is 32.5 Å². The van der Waals surface area contributed by atoms with Crippen LogP contribution in [0.4, 0.5) is 5.69 Å². The molecule has 0 atom stereocenters. The van der Waals surface area contributed by atoms with Crippen molar-refractivity contribution in [1.82, 2.24) is 0 Å². The van der Waals surface area contributed by atoms with Gasteiger partial charge in [0, 0.05) is 29.1 Å². The molecule has 0 unspecified atom stereocenters. The molecule has 5 aromatic rings. The smallest absolute Gasteiger partial charge is 0.336 e. The maximum atomic E-state index is 12.1. The summed E-state index contributed by atoms with van der Waals surface area (Å²) in [5, 5.41) is 9.06. The topological polar surface area (TPSA) is 42.2 Å². The van der Waals surface area contributed by atoms with Gasteiger partial charge in [-0.05, 0) is 33.9 Å². The van der Waals surface area contributed by atoms with Crippen molar-refractivity contribution in [2.24, 2.45) is 0 Å². The standard InChI is InChI=1S/C24H17NO2/c26-23-14-18(15-25-21-11-5-8-16-6-1-3-9-19(16)21)24-20-10-4-2-7-17(20)12-13-22(24)27-23/h1-14,25H,15H2. The van der Waals surface area contributed by atoms with Crippen molar-refractivity contribution in [3.63, 3.8) is 0 Å². The highest BCUT2D eigenvalue weighted by molar-refractivity contribution is 6.07. The van der Waals surface area contributed by atoms with Gasteiger partial charge in [0.1, 0.15) is 5.58 Å². The number of hydrogen-bond donors (Lipinski definition) is 1. The third-order valence-electron chi connectivity index (χ3n) is 4.97. The van der Waals surface area contributed by atoms with E-state index in [0.717, 1.165) is 32.8 Å². The summed E-state index contributed by atoms with van der Waals surface area (Å²) in [6.07, 6.45) is 0. The monoisotopic (exact) mass is 351 g/mol. The third kappa shape index (κ3) is 2.74. The summed E-state index contributed by atoms with van der Waals surface area (Å²) in [7, 11) is 0. The van der Waals surface area contributed by atoms with Crippen molar-refractivity contribution in [2.45, 2.75) is 6.54 Å². The van der Waals surface area contributed by atoms with E-state index in [0.29, 0.717) is 12.1 Å². The highest BCUT2D eigenvalue weighted by Gasteiger charge is 2.10. The lowest BCUT2D eigenvalue weighted by molar-refractivity contribution is 0.559. The van der Waals surface area contributed by atoms with Crippen molar-refractivity contribution in [1.29, 1.82) is 0 Å². The number of nitrogens with one attached hydrogen (secondary N) is 1. The first kappa shape index (κ1) is 15.6. The van der Waals surface area contributed by atoms with Crippen LogP contribution in [0.1, 0.15) is 5.56 Å². The lowest BCUT2D eigenvalue weighted by atomic mass is 10.0. The number of fused-ring (bicyclic) bond motifs is 4. The van der Waals surface area contributed by atoms with Crippen molar-refractivity contribution in [3.8, 4) is 0 Å². The zero-order chi connectivity index (χ0) is 18.2. The molecular formula is C24H17NO2. The fourth-order valence-electron chi connectivity index (χ4n) is 3.73. The molecule has 1 heterocycles. The molecule has 130 valence electrons. The Kier molecular flexibility index (Phi) is 3.65. The molecule has 5 rings (SSSR count). The molecule has 4 aromatic carbocycles. The second kappa shape index (κ2) is 6.29. The normalized spacial score (nSPS) is 11.3. The van der Waals surface area contributed by atoms with Crippen LogP contribution in [0.15, 0.2) is 94.1 Å². The molecule has 0 aliphatic rings. The number of anilines is 1. The Labute approximate surface area is 155 Å². The molecule has 0 aliphatic carbocycles. The molecule has 0 fully saturated rings. The first-order valence-electron chi connectivity index (χ1n) is 8.96. The fourth-order valence-corrected chi connectivity index (χ4v) is 3.73. The minimum Gasteiger partial charge on any atom is -0.423 e. The average molecular weight is 351 g/mol. The SMILES string of the molecule is O=c1cc(CNc2cccc3ccccc23)c2c(ccc3ccccc32)o1. The second-order valence-electron chi connectivity index (χ2n) is 6.63. The van der Waals surface area contributed by atoms with Crippen molar-refractivity contribution in [2.75, 3.05) is 5.32 Å². The molecule has 3 nitrogen and oxygen atoms in total. The Morgan fingerprint density at radius 3 is 2.30 bits per heavy atom. The Balaban J connectivity index is 1.64. The molecule has 0 saturated heterocycles. The first-order chi connectivity index (χ1) is 13.3. The Bertz CT molecular complexity index is 1350. The van der Waals surface area contributed by atoms with Gasteiger partial charge in [0.15, 0.2) is 0 Å². The summed E-state index contributed by atoms with van der Waals surface area (Å²) in [5.74, 6) is 0. The third-order valence-corrected chi connectivity index (χ3v) is 4.97. The van der Waals surface area contributed by atoms with E-state index < -0.39 is 0 Å². The van der Waals surface area contributed by atoms with Gasteiger partial charge >= 0.3 is 5.63 Å². The minimum absolute atomic E-state index is 0.326. The molecule has 27 heavy (non-hydrogen) atoms. The van der Waals surface area contributed by atoms with Crippen LogP contribution < -0.4 is 10.9 Å². The van der Waals surface area contributed by atoms with Crippen molar-refractivity contribution < 1.29 is 4.42 Å². The molecule has 0 saturated carbocycles. The van der Waals surface area contributed by atoms with E-state index in [2.05, 4.69) is 41.7 Å². The zero-order valence-corrected chi connectivity index (χ0v) is 14.6. The molecule has 0 bridgehead atoms. The molecule has 1 aromatic heterocycles. The predicted molar refractivity (Wildman–Crippen MR) is 111 cm³/mol. The summed E-state index contributed by atoms with van der Waals surface area (Å²) in [6.45, 7) is 0.546. The van der Waals surface area contributed by atoms with Crippen LogP contribution in [-0.2, 0) is 6.54 Å². The van der Waals surface area contributed by atoms with Gasteiger partial charge in [-0.2, -0.15) is 0 Å². The quantitative estimate of drug-likeness (QED) is 0.334. The average Bonchev–Trinajstić information content (AvgIpc) is 2.71. The van der Waals surface area contributed by atoms with E-state index in [9.17, 15) is 4.79 Å². The van der Waals surface area contributed by atoms with E-state index in [1.165, 1.54) is 5.39 Å². The second-order valence-corrected chi connectivity index (χ2v) is 6.63. The summed E-state index contributed by atoms with van der Waals surface area (Å²) in [4.78, 5) is 12.1. The van der Waals surface area contributed by atoms with Crippen LogP contribution in [0.3, 0.4) is 0 Å². The van der Waals surface area contributed by atoms with E-state index in [-0.39, 0.29) is 5.63 Å². The largest absolute Gasteiger partial charge is 0.423 e. The van der Waals surface area contributed by atoms with E-state index in [1.54, 1.807) is 6.07 Å². The van der Waals surface area contributed by atoms with Gasteiger partial charge in [-0.1, -0.05) is 66.7 Å². The first-order valence-corrected chi connectivity index (χ1v) is 8.96. The highest BCUT2D eigenvalue weighted by Crippen LogP contribution is 2.29. The molecule has 0 radical (unpaired) electrons. The lowest BCUT2D eigenvalue weighted by Gasteiger charge is -2.12. The van der Waals surface area contributed by atoms with Gasteiger partial charge < -0.3 is 9.73 Å². The minimum atomic E-state index is -0.326. The van der Waals surface area contributed by atoms with Crippen LogP contribution in [-0.4, -0.2) is 0 Å². The maximum Gasteiger partial charge on any atom is 0.336 e. The number of benzene rings is 4. The Morgan fingerprint density at radius 1 is 0.741 bits per heavy atom.